The molecule has 15 heavy (non-hydrogen) atoms. The van der Waals surface area contributed by atoms with Crippen molar-refractivity contribution in [3.05, 3.63) is 27.2 Å². The highest BCUT2D eigenvalue weighted by Crippen LogP contribution is 2.11. The van der Waals surface area contributed by atoms with Gasteiger partial charge in [-0.15, -0.1) is 11.3 Å². The Morgan fingerprint density at radius 3 is 2.53 bits per heavy atom. The van der Waals surface area contributed by atoms with E-state index in [2.05, 4.69) is 25.3 Å². The molecule has 2 aromatic heterocycles. The van der Waals surface area contributed by atoms with Crippen LogP contribution >= 0.6 is 34.5 Å². The van der Waals surface area contributed by atoms with Crippen molar-refractivity contribution in [3.63, 3.8) is 0 Å². The second-order valence-corrected chi connectivity index (χ2v) is 4.13. The van der Waals surface area contributed by atoms with Gasteiger partial charge in [0.25, 0.3) is 0 Å². The molecule has 0 unspecified atom stereocenters. The van der Waals surface area contributed by atoms with Crippen LogP contribution in [0.3, 0.4) is 0 Å². The fraction of sp³-hybridized carbons (Fsp3) is 0.143. The van der Waals surface area contributed by atoms with Crippen LogP contribution in [-0.2, 0) is 6.54 Å². The van der Waals surface area contributed by atoms with E-state index < -0.39 is 0 Å². The first-order valence-corrected chi connectivity index (χ1v) is 5.57. The molecule has 0 aliphatic carbocycles. The molecule has 78 valence electrons. The highest BCUT2D eigenvalue weighted by Gasteiger charge is 2.03. The number of rotatable bonds is 3. The van der Waals surface area contributed by atoms with Gasteiger partial charge in [-0.05, 0) is 23.2 Å². The summed E-state index contributed by atoms with van der Waals surface area (Å²) < 4.78 is 0. The molecule has 0 aliphatic heterocycles. The average Bonchev–Trinajstić information content (AvgIpc) is 2.65. The van der Waals surface area contributed by atoms with Crippen LogP contribution in [0.4, 0.5) is 5.95 Å². The minimum Gasteiger partial charge on any atom is -0.348 e. The highest BCUT2D eigenvalue weighted by atomic mass is 35.5. The first-order valence-electron chi connectivity index (χ1n) is 3.93. The Bertz CT molecular complexity index is 426. The predicted molar refractivity (Wildman–Crippen MR) is 59.3 cm³/mol. The van der Waals surface area contributed by atoms with E-state index in [-0.39, 0.29) is 10.6 Å². The fourth-order valence-corrected chi connectivity index (χ4v) is 1.82. The number of nitrogens with zero attached hydrogens (tertiary/aromatic N) is 4. The van der Waals surface area contributed by atoms with Gasteiger partial charge in [-0.1, -0.05) is 0 Å². The van der Waals surface area contributed by atoms with Gasteiger partial charge in [0, 0.05) is 11.6 Å². The summed E-state index contributed by atoms with van der Waals surface area (Å²) in [6.07, 6.45) is 1.73. The summed E-state index contributed by atoms with van der Waals surface area (Å²) in [5, 5.41) is 5.90. The molecule has 2 rings (SSSR count). The van der Waals surface area contributed by atoms with Gasteiger partial charge in [-0.2, -0.15) is 15.0 Å². The Kier molecular flexibility index (Phi) is 3.30. The van der Waals surface area contributed by atoms with Crippen molar-refractivity contribution < 1.29 is 0 Å². The number of halogens is 2. The van der Waals surface area contributed by atoms with Crippen LogP contribution in [0, 0.1) is 0 Å². The summed E-state index contributed by atoms with van der Waals surface area (Å²) in [5.74, 6) is 0.343. The molecule has 2 aromatic rings. The highest BCUT2D eigenvalue weighted by molar-refractivity contribution is 7.09. The molecule has 0 aliphatic rings. The zero-order valence-corrected chi connectivity index (χ0v) is 9.64. The second-order valence-electron chi connectivity index (χ2n) is 2.48. The van der Waals surface area contributed by atoms with Gasteiger partial charge in [-0.25, -0.2) is 4.98 Å². The van der Waals surface area contributed by atoms with Gasteiger partial charge < -0.3 is 5.32 Å². The van der Waals surface area contributed by atoms with Crippen LogP contribution < -0.4 is 5.32 Å². The van der Waals surface area contributed by atoms with Crippen molar-refractivity contribution in [2.75, 3.05) is 5.32 Å². The molecule has 0 fully saturated rings. The van der Waals surface area contributed by atoms with Crippen molar-refractivity contribution in [1.82, 2.24) is 19.9 Å². The van der Waals surface area contributed by atoms with E-state index in [4.69, 9.17) is 23.2 Å². The minimum absolute atomic E-state index is 0.0663. The van der Waals surface area contributed by atoms with Crippen LogP contribution in [0.2, 0.25) is 10.6 Å². The van der Waals surface area contributed by atoms with Crippen LogP contribution in [0.15, 0.2) is 11.6 Å². The van der Waals surface area contributed by atoms with Crippen LogP contribution in [0.25, 0.3) is 0 Å². The lowest BCUT2D eigenvalue weighted by Gasteiger charge is -2.01. The molecule has 5 nitrogen and oxygen atoms in total. The number of aromatic nitrogens is 4. The SMILES string of the molecule is Clc1nc(Cl)nc(NCc2nccs2)n1. The van der Waals surface area contributed by atoms with Crippen molar-refractivity contribution in [1.29, 1.82) is 0 Å². The Hall–Kier alpha value is -0.980. The van der Waals surface area contributed by atoms with Crippen LogP contribution in [0.1, 0.15) is 5.01 Å². The number of thiazole rings is 1. The Balaban J connectivity index is 2.05. The topological polar surface area (TPSA) is 63.6 Å². The van der Waals surface area contributed by atoms with E-state index in [1.807, 2.05) is 5.38 Å². The number of hydrogen-bond donors (Lipinski definition) is 1. The first kappa shape index (κ1) is 10.5. The Morgan fingerprint density at radius 1 is 1.20 bits per heavy atom. The zero-order valence-electron chi connectivity index (χ0n) is 7.31. The third-order valence-corrected chi connectivity index (χ3v) is 2.58. The average molecular weight is 262 g/mol. The third kappa shape index (κ3) is 2.98. The Labute approximate surface area is 99.5 Å². The maximum absolute atomic E-state index is 5.61. The lowest BCUT2D eigenvalue weighted by Crippen LogP contribution is -2.04. The fourth-order valence-electron chi connectivity index (χ4n) is 0.900. The van der Waals surface area contributed by atoms with Crippen molar-refractivity contribution in [2.24, 2.45) is 0 Å². The van der Waals surface area contributed by atoms with Gasteiger partial charge in [0.15, 0.2) is 0 Å². The molecule has 2 heterocycles. The molecule has 0 bridgehead atoms. The molecule has 0 radical (unpaired) electrons. The molecule has 0 saturated carbocycles. The number of hydrogen-bond acceptors (Lipinski definition) is 6. The van der Waals surface area contributed by atoms with E-state index in [1.54, 1.807) is 6.20 Å². The number of anilines is 1. The van der Waals surface area contributed by atoms with Gasteiger partial charge >= 0.3 is 0 Å². The summed E-state index contributed by atoms with van der Waals surface area (Å²) >= 11 is 12.8. The molecule has 0 spiro atoms. The summed E-state index contributed by atoms with van der Waals surface area (Å²) in [6.45, 7) is 0.536. The van der Waals surface area contributed by atoms with Gasteiger partial charge in [-0.3, -0.25) is 0 Å². The monoisotopic (exact) mass is 261 g/mol. The van der Waals surface area contributed by atoms with Crippen LogP contribution in [0.5, 0.6) is 0 Å². The largest absolute Gasteiger partial charge is 0.348 e. The van der Waals surface area contributed by atoms with Gasteiger partial charge in [0.05, 0.1) is 6.54 Å². The third-order valence-electron chi connectivity index (χ3n) is 1.46. The smallest absolute Gasteiger partial charge is 0.228 e. The lowest BCUT2D eigenvalue weighted by molar-refractivity contribution is 0.994. The quantitative estimate of drug-likeness (QED) is 0.919. The van der Waals surface area contributed by atoms with E-state index >= 15 is 0 Å². The van der Waals surface area contributed by atoms with E-state index in [9.17, 15) is 0 Å². The summed E-state index contributed by atoms with van der Waals surface area (Å²) in [6, 6.07) is 0. The number of nitrogens with one attached hydrogen (secondary N) is 1. The maximum Gasteiger partial charge on any atom is 0.228 e. The standard InChI is InChI=1S/C7H5Cl2N5S/c8-5-12-6(9)14-7(13-5)11-3-4-10-1-2-15-4/h1-2H,3H2,(H,11,12,13,14). The molecule has 0 amide bonds. The molecule has 0 atom stereocenters. The zero-order chi connectivity index (χ0) is 10.7. The van der Waals surface area contributed by atoms with Crippen molar-refractivity contribution in [3.8, 4) is 0 Å². The second kappa shape index (κ2) is 4.69. The van der Waals surface area contributed by atoms with Crippen molar-refractivity contribution >= 4 is 40.5 Å². The molecular weight excluding hydrogens is 257 g/mol. The molecule has 8 heteroatoms. The van der Waals surface area contributed by atoms with E-state index in [0.29, 0.717) is 12.5 Å². The molecular formula is C7H5Cl2N5S. The normalized spacial score (nSPS) is 10.3. The summed E-state index contributed by atoms with van der Waals surface area (Å²) in [4.78, 5) is 15.4. The van der Waals surface area contributed by atoms with E-state index in [0.717, 1.165) is 5.01 Å². The Morgan fingerprint density at radius 2 is 1.93 bits per heavy atom. The van der Waals surface area contributed by atoms with E-state index in [1.165, 1.54) is 11.3 Å². The first-order chi connectivity index (χ1) is 7.24. The lowest BCUT2D eigenvalue weighted by atomic mass is 10.6. The molecule has 1 N–H and O–H groups in total. The minimum atomic E-state index is 0.0663. The maximum atomic E-state index is 5.61. The van der Waals surface area contributed by atoms with Crippen LogP contribution in [-0.4, -0.2) is 19.9 Å². The van der Waals surface area contributed by atoms with Crippen molar-refractivity contribution in [2.45, 2.75) is 6.54 Å². The summed E-state index contributed by atoms with van der Waals surface area (Å²) in [5.41, 5.74) is 0. The van der Waals surface area contributed by atoms with Gasteiger partial charge in [0.1, 0.15) is 5.01 Å². The predicted octanol–water partition coefficient (Wildman–Crippen LogP) is 2.25. The van der Waals surface area contributed by atoms with Gasteiger partial charge in [0.2, 0.25) is 16.5 Å². The summed E-state index contributed by atoms with van der Waals surface area (Å²) in [7, 11) is 0. The molecule has 0 aromatic carbocycles. The molecule has 0 saturated heterocycles.